The van der Waals surface area contributed by atoms with Crippen molar-refractivity contribution in [2.24, 2.45) is 169 Å². The molecule has 7 nitrogen and oxygen atoms in total. The number of pyridine rings is 5. The second-order valence-corrected chi connectivity index (χ2v) is 46.8. The first-order valence-corrected chi connectivity index (χ1v) is 53.2. The predicted molar refractivity (Wildman–Crippen MR) is 618 cm³/mol. The van der Waals surface area contributed by atoms with Gasteiger partial charge >= 0.3 is 59.4 Å². The molecule has 6 aliphatic rings. The summed E-state index contributed by atoms with van der Waals surface area (Å²) in [6.07, 6.45) is 11.5. The van der Waals surface area contributed by atoms with Crippen LogP contribution in [0.25, 0.3) is 111 Å². The van der Waals surface area contributed by atoms with Crippen molar-refractivity contribution in [3.63, 3.8) is 0 Å². The summed E-state index contributed by atoms with van der Waals surface area (Å²) in [4.78, 5) is 9.11. The van der Waals surface area contributed by atoms with Crippen LogP contribution < -0.4 is 13.7 Å². The Morgan fingerprint density at radius 3 is 0.800 bits per heavy atom. The Morgan fingerprint density at radius 2 is 0.517 bits per heavy atom. The van der Waals surface area contributed by atoms with Gasteiger partial charge in [-0.05, 0) is 380 Å². The number of benzene rings is 6. The molecular weight excluding hydrogens is 2290 g/mol. The van der Waals surface area contributed by atoms with Crippen LogP contribution in [0.15, 0.2) is 179 Å². The van der Waals surface area contributed by atoms with E-state index >= 15 is 0 Å². The predicted octanol–water partition coefficient (Wildman–Crippen LogP) is 36.9. The Morgan fingerprint density at radius 1 is 0.248 bits per heavy atom. The normalized spacial score (nSPS) is 28.2. The first-order chi connectivity index (χ1) is 64.2. The monoisotopic (exact) mass is 2490 g/mol. The first kappa shape index (κ1) is 128. The summed E-state index contributed by atoms with van der Waals surface area (Å²) >= 11 is 0. The molecule has 0 spiro atoms. The third kappa shape index (κ3) is 25.3. The van der Waals surface area contributed by atoms with Gasteiger partial charge < -0.3 is 53.4 Å². The number of hydrogen-bond acceptors (Lipinski definition) is 4. The maximum atomic E-state index is 6.38. The molecule has 6 saturated carbocycles. The number of hydrogen-bond donors (Lipinski definition) is 0. The van der Waals surface area contributed by atoms with Crippen molar-refractivity contribution in [2.75, 3.05) is 0 Å². The largest absolute Gasteiger partial charge is 2.00 e. The van der Waals surface area contributed by atoms with Crippen LogP contribution in [0.5, 0.6) is 0 Å². The molecule has 19 rings (SSSR count). The number of aryl methyl sites for hydroxylation is 13. The second kappa shape index (κ2) is 52.5. The summed E-state index contributed by atoms with van der Waals surface area (Å²) < 4.78 is 19.4. The summed E-state index contributed by atoms with van der Waals surface area (Å²) in [6, 6.07) is 54.0. The second-order valence-electron chi connectivity index (χ2n) is 46.8. The minimum atomic E-state index is 0. The summed E-state index contributed by atoms with van der Waals surface area (Å²) in [5, 5.41) is 4.35. The molecule has 7 heterocycles. The van der Waals surface area contributed by atoms with Crippen LogP contribution in [0.2, 0.25) is 0 Å². The fourth-order valence-electron chi connectivity index (χ4n) is 27.8. The van der Waals surface area contributed by atoms with Crippen molar-refractivity contribution in [1.29, 1.82) is 0 Å². The van der Waals surface area contributed by atoms with Crippen molar-refractivity contribution in [3.8, 4) is 67.2 Å². The van der Waals surface area contributed by atoms with Crippen LogP contribution in [0.1, 0.15) is 276 Å². The number of nitrogens with zero attached hydrogens (tertiary/aromatic N) is 5. The number of fused-ring (bicyclic) bond motifs is 6. The number of furan rings is 2. The molecule has 145 heavy (non-hydrogen) atoms. The van der Waals surface area contributed by atoms with Gasteiger partial charge in [0.15, 0.2) is 29.8 Å². The van der Waals surface area contributed by atoms with Gasteiger partial charge in [0.05, 0.1) is 11.1 Å². The zero-order valence-corrected chi connectivity index (χ0v) is 106. The average Bonchev–Trinajstić information content (AvgIpc) is 1.50. The molecule has 0 amide bonds. The van der Waals surface area contributed by atoms with Gasteiger partial charge in [0.2, 0.25) is 28.5 Å². The van der Waals surface area contributed by atoms with Crippen LogP contribution in [0.4, 0.5) is 0 Å². The van der Waals surface area contributed by atoms with Gasteiger partial charge in [-0.3, -0.25) is 0 Å². The topological polar surface area (TPSA) is 63.7 Å². The third-order valence-electron chi connectivity index (χ3n) is 39.2. The zero-order chi connectivity index (χ0) is 99.0. The Labute approximate surface area is 925 Å². The van der Waals surface area contributed by atoms with Gasteiger partial charge in [0.1, 0.15) is 21.1 Å². The molecule has 0 bridgehead atoms. The summed E-state index contributed by atoms with van der Waals surface area (Å²) in [5.41, 5.74) is 35.7. The minimum absolute atomic E-state index is 0. The van der Waals surface area contributed by atoms with Crippen molar-refractivity contribution >= 4 is 44.1 Å². The van der Waals surface area contributed by atoms with Crippen LogP contribution in [0.3, 0.4) is 0 Å². The molecule has 7 aromatic heterocycles. The van der Waals surface area contributed by atoms with E-state index in [1.807, 2.05) is 13.0 Å². The van der Waals surface area contributed by atoms with Crippen LogP contribution in [-0.4, -0.2) is 9.97 Å². The van der Waals surface area contributed by atoms with Crippen LogP contribution >= 0.6 is 0 Å². The van der Waals surface area contributed by atoms with E-state index in [0.717, 1.165) is 185 Å². The van der Waals surface area contributed by atoms with E-state index in [9.17, 15) is 0 Å². The van der Waals surface area contributed by atoms with Crippen molar-refractivity contribution in [1.82, 2.24) is 9.97 Å². The van der Waals surface area contributed by atoms with E-state index in [1.54, 1.807) is 6.20 Å². The molecule has 6 aromatic carbocycles. The van der Waals surface area contributed by atoms with E-state index in [-0.39, 0.29) is 104 Å². The Kier molecular flexibility index (Phi) is 46.4. The zero-order valence-electron chi connectivity index (χ0n) is 98.4. The van der Waals surface area contributed by atoms with Crippen molar-refractivity contribution in [3.05, 3.63) is 287 Å². The molecule has 0 N–H and O–H groups in total. The van der Waals surface area contributed by atoms with E-state index in [1.165, 1.54) is 124 Å². The SMILES string of the molecule is CC1C(C)C(C)C(C)C1C.CC1CC(C)C(C)C1C.CC1CC(C)C(C)C1C.Cc1cc(C2C(C)C(C)C(C)C2C)cc(C)c1-c1ccc(-c2c(C)ccc3c2oc2ncccc23)[n+](C)c1.Cc1ccc2c(n1)oc1c(-c3ccc(-c4c(C)cc(C5C(C)C(C)C(C)C5C)cc4C)c[n+]3C)c(C)ccc12.Cc1ccccc1-c1ccc(-c2c(C)cc(C3C(C)C(C)C(C)C3C)cc2C)c[n+]1C.[CH3-].[CH3-].[CH3-].[CH3-].[CH3-].[CH3-].[Os+2].[Os+2].[Os+2]. The molecule has 0 radical (unpaired) electrons. The summed E-state index contributed by atoms with van der Waals surface area (Å²) in [7, 11) is 6.45. The van der Waals surface area contributed by atoms with Crippen LogP contribution in [-0.2, 0) is 80.5 Å². The summed E-state index contributed by atoms with van der Waals surface area (Å²) in [5.74, 6) is 23.2. The first-order valence-electron chi connectivity index (χ1n) is 53.2. The molecule has 6 fully saturated rings. The van der Waals surface area contributed by atoms with Gasteiger partial charge in [0, 0.05) is 73.9 Å². The molecule has 13 aromatic rings. The van der Waals surface area contributed by atoms with Crippen molar-refractivity contribution in [2.45, 2.75) is 273 Å². The van der Waals surface area contributed by atoms with Gasteiger partial charge in [-0.15, -0.1) is 0 Å². The molecule has 10 heteroatoms. The Balaban J connectivity index is 0.000000328. The summed E-state index contributed by atoms with van der Waals surface area (Å²) in [6.45, 7) is 82.6. The van der Waals surface area contributed by atoms with E-state index in [0.29, 0.717) is 52.9 Å². The fraction of sp³-hybridized carbons (Fsp3) is 0.504. The molecule has 0 saturated heterocycles. The van der Waals surface area contributed by atoms with Gasteiger partial charge in [0.25, 0.3) is 0 Å². The smallest absolute Gasteiger partial charge is 0.437 e. The fourth-order valence-corrected chi connectivity index (χ4v) is 27.8. The maximum absolute atomic E-state index is 6.38. The molecule has 20 atom stereocenters. The molecule has 6 aliphatic carbocycles. The standard InChI is InChI=1S/C36H41N2O.C35H39N2O.C30H38N.C10H20.2C9H18.6CH3.3Os/c1-19-10-13-29-30-14-11-22(4)37-36(30)39-35(29)33(19)31-15-12-27(18-38(31)9)32-20(2)16-28(17-21(32)3)34-25(7)23(5)24(6)26(34)8;1-19-11-13-28-29-10-9-15-36-35(29)38-34(28)32(19)30-14-12-26(18-37(30)8)31-20(2)16-27(17-21(31)3)33-24(6)22(4)23(5)25(33)7;1-18-11-9-10-12-27(18)28-14-13-25(17-31(28)8)29-19(2)15-26(16-20(29)3)30-23(6)21(4)22(5)24(30)7;1-6-7(2)9(4)10(5)8(6)3;2*1-6-5-7(2)9(4)8(6)3;;;;;;;;;/h10-18,23-26,34H,1-9H3;9-18,22-25,33H,1-8H3;9-17,21-24,30H,1-8H3;6-10H,1-5H3;2*6-9H,5H2,1-4H3;6*1H3;;;/q3*+1;;;;6*-1;3*+2. The van der Waals surface area contributed by atoms with Gasteiger partial charge in [-0.1, -0.05) is 252 Å². The van der Waals surface area contributed by atoms with Gasteiger partial charge in [-0.2, -0.15) is 0 Å². The van der Waals surface area contributed by atoms with E-state index in [4.69, 9.17) is 8.83 Å². The Hall–Kier alpha value is -7.42. The number of aromatic nitrogens is 5. The van der Waals surface area contributed by atoms with E-state index < -0.39 is 0 Å². The number of rotatable bonds is 9. The molecular formula is C135H192N5O2Os3+3. The van der Waals surface area contributed by atoms with Crippen molar-refractivity contribution < 1.29 is 81.9 Å². The van der Waals surface area contributed by atoms with E-state index in [2.05, 4.69) is 438 Å². The van der Waals surface area contributed by atoms with Crippen LogP contribution in [0, 0.1) is 262 Å². The molecule has 20 unspecified atom stereocenters. The quantitative estimate of drug-likeness (QED) is 0.107. The Bertz CT molecular complexity index is 6260. The molecule has 0 aliphatic heterocycles. The maximum Gasteiger partial charge on any atom is 2.00 e. The average molecular weight is 2490 g/mol. The van der Waals surface area contributed by atoms with Gasteiger partial charge in [-0.25, -0.2) is 23.7 Å². The molecule has 790 valence electrons. The minimum Gasteiger partial charge on any atom is -0.437 e. The third-order valence-corrected chi connectivity index (χ3v) is 39.2.